The lowest BCUT2D eigenvalue weighted by Crippen LogP contribution is -2.62. The Hall–Kier alpha value is -14.5. The van der Waals surface area contributed by atoms with Crippen LogP contribution in [0.1, 0.15) is 106 Å². The molecule has 0 radical (unpaired) electrons. The number of carboxylic acids is 2. The van der Waals surface area contributed by atoms with Crippen LogP contribution in [0.4, 0.5) is 13.2 Å². The number of aliphatic hydroxyl groups is 2. The van der Waals surface area contributed by atoms with Gasteiger partial charge in [-0.1, -0.05) is 137 Å². The number of likely N-dealkylation sites (N-methyl/N-ethyl adjacent to an activating group) is 3. The minimum absolute atomic E-state index is 0.162. The van der Waals surface area contributed by atoms with Gasteiger partial charge in [-0.15, -0.1) is 11.8 Å². The summed E-state index contributed by atoms with van der Waals surface area (Å²) in [4.78, 5) is 259. The van der Waals surface area contributed by atoms with Crippen molar-refractivity contribution in [1.29, 1.82) is 0 Å². The summed E-state index contributed by atoms with van der Waals surface area (Å²) in [5, 5.41) is 87.6. The number of nitrogens with one attached hydrogen (secondary N) is 10. The summed E-state index contributed by atoms with van der Waals surface area (Å²) >= 11 is 0.560. The summed E-state index contributed by atoms with van der Waals surface area (Å²) < 4.78 is 45.1. The van der Waals surface area contributed by atoms with Crippen LogP contribution in [-0.4, -0.2) is 304 Å². The number of thioether (sulfide) groups is 1. The fraction of sp³-hybridized carbons (Fsp3) is 0.427. The third-order valence-electron chi connectivity index (χ3n) is 24.4. The van der Waals surface area contributed by atoms with Gasteiger partial charge in [-0.3, -0.25) is 81.5 Å². The van der Waals surface area contributed by atoms with E-state index < -0.39 is 309 Å². The van der Waals surface area contributed by atoms with Crippen LogP contribution in [0.2, 0.25) is 0 Å². The highest BCUT2D eigenvalue weighted by Gasteiger charge is 2.49. The van der Waals surface area contributed by atoms with Crippen molar-refractivity contribution in [2.75, 3.05) is 52.3 Å². The number of aliphatic carboxylic acids is 2. The molecule has 3 fully saturated rings. The number of aliphatic hydroxyl groups excluding tert-OH is 2. The molecule has 0 unspecified atom stereocenters. The van der Waals surface area contributed by atoms with Crippen molar-refractivity contribution in [3.8, 4) is 11.5 Å². The van der Waals surface area contributed by atoms with Crippen LogP contribution in [0.3, 0.4) is 0 Å². The van der Waals surface area contributed by atoms with Crippen LogP contribution in [0, 0.1) is 23.4 Å². The minimum Gasteiger partial charge on any atom is -0.508 e. The number of carbonyl (C=O) groups is 17. The quantitative estimate of drug-likeness (QED) is 0.0368. The molecule has 0 spiro atoms. The number of aromatic nitrogens is 1. The highest BCUT2D eigenvalue weighted by Crippen LogP contribution is 2.30. The molecular formula is C96H115F3N16O23S. The number of fused-ring (bicyclic) bond motifs is 3. The van der Waals surface area contributed by atoms with Crippen molar-refractivity contribution in [3.63, 3.8) is 0 Å². The Kier molecular flexibility index (Phi) is 37.9. The number of amides is 15. The number of hydrogen-bond acceptors (Lipinski definition) is 22. The zero-order valence-electron chi connectivity index (χ0n) is 77.1. The fourth-order valence-electron chi connectivity index (χ4n) is 16.8. The predicted octanol–water partition coefficient (Wildman–Crippen LogP) is 0.569. The molecule has 4 heterocycles. The summed E-state index contributed by atoms with van der Waals surface area (Å²) in [7, 11) is 3.55. The van der Waals surface area contributed by atoms with Gasteiger partial charge in [0.1, 0.15) is 90.0 Å². The number of aromatic amines is 1. The zero-order chi connectivity index (χ0) is 101. The smallest absolute Gasteiger partial charge is 0.305 e. The van der Waals surface area contributed by atoms with Gasteiger partial charge in [0.2, 0.25) is 88.6 Å². The number of hydrogen-bond donors (Lipinski definition) is 17. The molecule has 139 heavy (non-hydrogen) atoms. The van der Waals surface area contributed by atoms with Crippen LogP contribution < -0.4 is 53.6 Å². The van der Waals surface area contributed by atoms with E-state index in [1.54, 1.807) is 91.9 Å². The molecule has 3 aliphatic rings. The molecule has 15 atom stereocenters. The number of nitrogens with two attached hydrogens (primary N) is 1. The maximum Gasteiger partial charge on any atom is 0.305 e. The van der Waals surface area contributed by atoms with E-state index in [0.29, 0.717) is 63.5 Å². The summed E-state index contributed by atoms with van der Waals surface area (Å²) in [6.07, 6.45) is -7.69. The highest BCUT2D eigenvalue weighted by molar-refractivity contribution is 8.00. The number of rotatable bonds is 24. The molecule has 0 bridgehead atoms. The molecule has 15 amide bonds. The molecule has 39 nitrogen and oxygen atoms in total. The summed E-state index contributed by atoms with van der Waals surface area (Å²) in [6, 6.07) is 11.4. The topological polar surface area (TPSA) is 578 Å². The van der Waals surface area contributed by atoms with Crippen LogP contribution in [-0.2, 0) is 120 Å². The van der Waals surface area contributed by atoms with Crippen LogP contribution >= 0.6 is 11.8 Å². The maximum absolute atomic E-state index is 15.8. The Balaban J connectivity index is 1.07. The zero-order valence-corrected chi connectivity index (χ0v) is 77.9. The first-order valence-electron chi connectivity index (χ1n) is 45.1. The van der Waals surface area contributed by atoms with Crippen molar-refractivity contribution < 1.29 is 125 Å². The molecular weight excluding hydrogens is 1830 g/mol. The Bertz CT molecular complexity index is 5610. The second kappa shape index (κ2) is 49.5. The van der Waals surface area contributed by atoms with Crippen molar-refractivity contribution in [2.24, 2.45) is 11.7 Å². The van der Waals surface area contributed by atoms with E-state index in [1.807, 2.05) is 0 Å². The Morgan fingerprint density at radius 3 is 1.50 bits per heavy atom. The van der Waals surface area contributed by atoms with Crippen LogP contribution in [0.25, 0.3) is 10.9 Å². The van der Waals surface area contributed by atoms with Gasteiger partial charge in [-0.2, -0.15) is 0 Å². The normalized spacial score (nSPS) is 24.1. The van der Waals surface area contributed by atoms with Crippen molar-refractivity contribution in [2.45, 2.75) is 201 Å². The number of para-hydroxylation sites is 1. The second-order valence-electron chi connectivity index (χ2n) is 35.0. The molecule has 0 aliphatic carbocycles. The lowest BCUT2D eigenvalue weighted by Gasteiger charge is -2.38. The third kappa shape index (κ3) is 29.3. The van der Waals surface area contributed by atoms with E-state index >= 15 is 51.9 Å². The number of H-pyrrole nitrogens is 1. The van der Waals surface area contributed by atoms with E-state index in [0.717, 1.165) is 31.5 Å². The second-order valence-corrected chi connectivity index (χ2v) is 36.1. The van der Waals surface area contributed by atoms with Gasteiger partial charge in [0.25, 0.3) is 0 Å². The first-order valence-corrected chi connectivity index (χ1v) is 46.3. The molecule has 0 saturated carbocycles. The number of primary amides is 1. The van der Waals surface area contributed by atoms with Gasteiger partial charge in [-0.25, -0.2) is 13.2 Å². The number of unbranched alkanes of at least 4 members (excludes halogenated alkanes) is 1. The van der Waals surface area contributed by atoms with E-state index in [-0.39, 0.29) is 42.7 Å². The van der Waals surface area contributed by atoms with Gasteiger partial charge in [0.05, 0.1) is 30.9 Å². The standard InChI is InChI=1S/C96H115F3N16O23S/c1-7-8-23-73-95(137)115-48-61(119)43-76(115)91(133)107-69(44-81(124)125)88(130)110-83(51(2)3)96(138)112(5)74(39-52-17-11-9-12-18-52)89(131)108-71(37-55-26-30-59(117)31-27-55)93(135)114-47-60(118)42-75(114)90(132)106-68(41-57-45-101-65-22-16-15-21-62(57)65)87(129)105-67(36-54-24-28-58(116)29-25-54)86(128)104-66(32-33-80(122)123)85(127)109-72(84(126)102-46-78(100)120)49-139-50-79(121)103-70(38-56-34-63(97)82(99)64(98)35-56)92(134)113(6)77(94(136)111(73)4)40-53-19-13-10-14-20-53/h9-22,24-31,34-35,45,51,60-61,66-77,83,101,116-119H,7-8,23,32-33,36-44,46-50H2,1-6H3,(H2,100,120)(H,102,126)(H,103,121)(H,104,128)(H,105,129)(H,106,132)(H,107,133)(H,108,131)(H,109,127)(H,110,130)(H,122,123)(H,124,125)/t60-,61-,66-,67+,68+,69+,70-,71+,72+,73+,74-,75-,76-,77+,83+/m1/s1. The number of nitrogens with zero attached hydrogens (tertiary/aromatic N) is 5. The number of phenols is 2. The monoisotopic (exact) mass is 1950 g/mol. The Morgan fingerprint density at radius 1 is 0.482 bits per heavy atom. The van der Waals surface area contributed by atoms with E-state index in [2.05, 4.69) is 52.8 Å². The number of phenolic OH excluding ortho intramolecular Hbond substituents is 2. The van der Waals surface area contributed by atoms with Crippen LogP contribution in [0.5, 0.6) is 11.5 Å². The fourth-order valence-corrected chi connectivity index (χ4v) is 17.7. The van der Waals surface area contributed by atoms with Crippen LogP contribution in [0.15, 0.2) is 152 Å². The average molecular weight is 1950 g/mol. The summed E-state index contributed by atoms with van der Waals surface area (Å²) in [5.41, 5.74) is 7.30. The Morgan fingerprint density at radius 2 is 0.950 bits per heavy atom. The van der Waals surface area contributed by atoms with Gasteiger partial charge in [0, 0.05) is 115 Å². The minimum atomic E-state index is -2.07. The maximum atomic E-state index is 15.8. The lowest BCUT2D eigenvalue weighted by atomic mass is 9.98. The number of carbonyl (C=O) groups excluding carboxylic acids is 15. The molecule has 3 saturated heterocycles. The molecule has 7 aromatic rings. The SMILES string of the molecule is CCCC[C@H]1C(=O)N2C[C@H](O)C[C@@H]2C(=O)N[C@@H](CC(=O)O)C(=O)N[C@@H](C(C)C)C(=O)N(C)[C@H](Cc2ccccc2)C(=O)N[C@@H](Cc2ccc(O)cc2)C(=O)N2C[C@H](O)C[C@@H]2C(=O)N[C@@H](Cc2c[nH]c3ccccc23)C(=O)N[C@@H](Cc2ccc(O)cc2)C(=O)N[C@H](CCC(=O)O)C(=O)N[C@H](C(=O)NCC(N)=O)CSCC(=O)N[C@H](Cc2cc(F)c(F)c(F)c2)C(=O)N(C)[C@@H](Cc2ccccc2)C(=O)N1C. The highest BCUT2D eigenvalue weighted by atomic mass is 32.2. The van der Waals surface area contributed by atoms with Gasteiger partial charge >= 0.3 is 11.9 Å². The summed E-state index contributed by atoms with van der Waals surface area (Å²) in [6.45, 7) is 2.71. The molecule has 18 N–H and O–H groups in total. The number of aromatic hydroxyl groups is 2. The van der Waals surface area contributed by atoms with Crippen molar-refractivity contribution >= 4 is 123 Å². The first-order chi connectivity index (χ1) is 66.1. The van der Waals surface area contributed by atoms with E-state index in [4.69, 9.17) is 5.73 Å². The molecule has 43 heteroatoms. The predicted molar refractivity (Wildman–Crippen MR) is 496 cm³/mol. The van der Waals surface area contributed by atoms with Gasteiger partial charge < -0.3 is 114 Å². The molecule has 744 valence electrons. The number of carboxylic acid groups (broad SMARTS) is 2. The third-order valence-corrected chi connectivity index (χ3v) is 25.4. The molecule has 6 aromatic carbocycles. The number of halogens is 3. The van der Waals surface area contributed by atoms with Gasteiger partial charge in [-0.05, 0) is 94.6 Å². The first kappa shape index (κ1) is 107. The van der Waals surface area contributed by atoms with E-state index in [1.165, 1.54) is 82.7 Å². The molecule has 1 aromatic heterocycles. The van der Waals surface area contributed by atoms with E-state index in [9.17, 15) is 73.4 Å². The van der Waals surface area contributed by atoms with Gasteiger partial charge in [0.15, 0.2) is 17.5 Å². The average Bonchev–Trinajstić information content (AvgIpc) is 1.74. The largest absolute Gasteiger partial charge is 0.508 e. The Labute approximate surface area is 801 Å². The number of benzene rings is 6. The van der Waals surface area contributed by atoms with Crippen molar-refractivity contribution in [3.05, 3.63) is 203 Å². The molecule has 3 aliphatic heterocycles. The molecule has 10 rings (SSSR count). The summed E-state index contributed by atoms with van der Waals surface area (Å²) in [5.74, 6) is -28.0. The lowest BCUT2D eigenvalue weighted by molar-refractivity contribution is -0.152. The van der Waals surface area contributed by atoms with Crippen molar-refractivity contribution in [1.82, 2.24) is 77.3 Å².